The number of hydrogen-bond acceptors (Lipinski definition) is 2. The van der Waals surface area contributed by atoms with Crippen molar-refractivity contribution in [1.29, 1.82) is 0 Å². The van der Waals surface area contributed by atoms with Crippen molar-refractivity contribution in [3.05, 3.63) is 29.6 Å². The predicted molar refractivity (Wildman–Crippen MR) is 70.2 cm³/mol. The lowest BCUT2D eigenvalue weighted by Gasteiger charge is -2.35. The zero-order valence-electron chi connectivity index (χ0n) is 10.2. The molecular formula is C13H16F3NS. The molecule has 2 rings (SSSR count). The quantitative estimate of drug-likeness (QED) is 0.797. The fraction of sp³-hybridized carbons (Fsp3) is 0.538. The second kappa shape index (κ2) is 5.03. The first-order valence-corrected chi connectivity index (χ1v) is 6.51. The number of alkyl halides is 2. The monoisotopic (exact) mass is 275 g/mol. The van der Waals surface area contributed by atoms with Gasteiger partial charge in [-0.25, -0.2) is 13.2 Å². The minimum Gasteiger partial charge on any atom is -0.368 e. The van der Waals surface area contributed by atoms with Crippen LogP contribution in [0.1, 0.15) is 30.6 Å². The highest BCUT2D eigenvalue weighted by molar-refractivity contribution is 7.80. The molecule has 0 aliphatic carbocycles. The first-order chi connectivity index (χ1) is 8.41. The molecule has 0 amide bonds. The van der Waals surface area contributed by atoms with Gasteiger partial charge in [0.05, 0.1) is 5.69 Å². The molecule has 100 valence electrons. The van der Waals surface area contributed by atoms with Gasteiger partial charge in [-0.15, -0.1) is 0 Å². The number of nitrogens with zero attached hydrogens (tertiary/aromatic N) is 1. The molecule has 0 radical (unpaired) electrons. The number of thiol groups is 1. The fourth-order valence-corrected chi connectivity index (χ4v) is 2.47. The maximum atomic E-state index is 13.9. The van der Waals surface area contributed by atoms with E-state index in [9.17, 15) is 13.2 Å². The van der Waals surface area contributed by atoms with Crippen LogP contribution in [-0.2, 0) is 0 Å². The highest BCUT2D eigenvalue weighted by atomic mass is 32.1. The van der Waals surface area contributed by atoms with Crippen LogP contribution < -0.4 is 4.90 Å². The number of hydrogen-bond donors (Lipinski definition) is 1. The van der Waals surface area contributed by atoms with Crippen molar-refractivity contribution >= 4 is 18.3 Å². The Kier molecular flexibility index (Phi) is 3.80. The van der Waals surface area contributed by atoms with E-state index in [1.807, 2.05) is 6.92 Å². The maximum Gasteiger partial charge on any atom is 0.251 e. The van der Waals surface area contributed by atoms with Crippen molar-refractivity contribution in [2.45, 2.75) is 30.9 Å². The summed E-state index contributed by atoms with van der Waals surface area (Å²) in [5, 5.41) is -0.127. The third-order valence-corrected chi connectivity index (χ3v) is 3.56. The van der Waals surface area contributed by atoms with Crippen LogP contribution in [0.15, 0.2) is 18.2 Å². The van der Waals surface area contributed by atoms with E-state index in [1.165, 1.54) is 6.07 Å². The van der Waals surface area contributed by atoms with Crippen molar-refractivity contribution in [1.82, 2.24) is 0 Å². The predicted octanol–water partition coefficient (Wildman–Crippen LogP) is 4.05. The van der Waals surface area contributed by atoms with Gasteiger partial charge in [0, 0.05) is 31.2 Å². The Morgan fingerprint density at radius 1 is 1.28 bits per heavy atom. The van der Waals surface area contributed by atoms with Gasteiger partial charge < -0.3 is 4.90 Å². The first-order valence-electron chi connectivity index (χ1n) is 6.00. The topological polar surface area (TPSA) is 3.24 Å². The van der Waals surface area contributed by atoms with Crippen LogP contribution in [0.5, 0.6) is 0 Å². The lowest BCUT2D eigenvalue weighted by molar-refractivity contribution is -0.0221. The van der Waals surface area contributed by atoms with Gasteiger partial charge in [-0.3, -0.25) is 0 Å². The Labute approximate surface area is 110 Å². The Bertz CT molecular complexity index is 424. The lowest BCUT2D eigenvalue weighted by Crippen LogP contribution is -2.40. The average Bonchev–Trinajstić information content (AvgIpc) is 2.29. The summed E-state index contributed by atoms with van der Waals surface area (Å²) in [7, 11) is 0. The number of anilines is 1. The highest BCUT2D eigenvalue weighted by Crippen LogP contribution is 2.36. The fourth-order valence-electron chi connectivity index (χ4n) is 2.26. The third-order valence-electron chi connectivity index (χ3n) is 3.28. The number of piperidine rings is 1. The molecular weight excluding hydrogens is 259 g/mol. The van der Waals surface area contributed by atoms with Crippen molar-refractivity contribution in [2.24, 2.45) is 0 Å². The molecule has 1 heterocycles. The third kappa shape index (κ3) is 2.76. The van der Waals surface area contributed by atoms with E-state index >= 15 is 0 Å². The molecule has 1 nitrogen and oxygen atoms in total. The van der Waals surface area contributed by atoms with Crippen LogP contribution in [0, 0.1) is 5.82 Å². The Hall–Kier alpha value is -0.840. The molecule has 18 heavy (non-hydrogen) atoms. The molecule has 0 unspecified atom stereocenters. The highest BCUT2D eigenvalue weighted by Gasteiger charge is 2.35. The van der Waals surface area contributed by atoms with Gasteiger partial charge in [0.25, 0.3) is 5.92 Å². The van der Waals surface area contributed by atoms with Crippen molar-refractivity contribution in [2.75, 3.05) is 18.0 Å². The standard InChI is InChI=1S/C13H16F3NS/c1-9(18)10-3-2-4-11(14)12(10)17-7-5-13(15,16)6-8-17/h2-4,9,18H,5-8H2,1H3/t9-/m1/s1. The van der Waals surface area contributed by atoms with E-state index in [-0.39, 0.29) is 37.0 Å². The summed E-state index contributed by atoms with van der Waals surface area (Å²) in [6, 6.07) is 4.78. The minimum atomic E-state index is -2.62. The van der Waals surface area contributed by atoms with Crippen LogP contribution >= 0.6 is 12.6 Å². The maximum absolute atomic E-state index is 13.9. The van der Waals surface area contributed by atoms with E-state index in [0.29, 0.717) is 5.69 Å². The van der Waals surface area contributed by atoms with Gasteiger partial charge in [-0.05, 0) is 18.6 Å². The largest absolute Gasteiger partial charge is 0.368 e. The van der Waals surface area contributed by atoms with Crippen LogP contribution in [0.3, 0.4) is 0 Å². The van der Waals surface area contributed by atoms with Crippen LogP contribution in [0.2, 0.25) is 0 Å². The second-order valence-corrected chi connectivity index (χ2v) is 5.47. The van der Waals surface area contributed by atoms with Crippen molar-refractivity contribution < 1.29 is 13.2 Å². The molecule has 5 heteroatoms. The molecule has 0 N–H and O–H groups in total. The van der Waals surface area contributed by atoms with E-state index in [1.54, 1.807) is 17.0 Å². The summed E-state index contributed by atoms with van der Waals surface area (Å²) >= 11 is 4.32. The lowest BCUT2D eigenvalue weighted by atomic mass is 10.0. The first kappa shape index (κ1) is 13.6. The summed E-state index contributed by atoms with van der Waals surface area (Å²) in [6.07, 6.45) is -0.441. The summed E-state index contributed by atoms with van der Waals surface area (Å²) in [6.45, 7) is 2.21. The molecule has 1 aromatic rings. The smallest absolute Gasteiger partial charge is 0.251 e. The zero-order valence-corrected chi connectivity index (χ0v) is 11.1. The molecule has 1 aromatic carbocycles. The number of rotatable bonds is 2. The Balaban J connectivity index is 2.28. The second-order valence-electron chi connectivity index (χ2n) is 4.70. The Morgan fingerprint density at radius 3 is 2.44 bits per heavy atom. The molecule has 1 aliphatic heterocycles. The number of halogens is 3. The van der Waals surface area contributed by atoms with Crippen LogP contribution in [0.25, 0.3) is 0 Å². The Morgan fingerprint density at radius 2 is 1.89 bits per heavy atom. The number of para-hydroxylation sites is 1. The normalized spacial score (nSPS) is 20.8. The molecule has 0 bridgehead atoms. The molecule has 1 atom stereocenters. The van der Waals surface area contributed by atoms with E-state index in [0.717, 1.165) is 5.56 Å². The SMILES string of the molecule is C[C@@H](S)c1cccc(F)c1N1CCC(F)(F)CC1. The molecule has 0 spiro atoms. The van der Waals surface area contributed by atoms with Gasteiger partial charge in [0.15, 0.2) is 0 Å². The molecule has 1 saturated heterocycles. The van der Waals surface area contributed by atoms with Gasteiger partial charge in [0.2, 0.25) is 0 Å². The molecule has 0 aromatic heterocycles. The van der Waals surface area contributed by atoms with Gasteiger partial charge in [0.1, 0.15) is 5.82 Å². The van der Waals surface area contributed by atoms with Crippen LogP contribution in [0.4, 0.5) is 18.9 Å². The average molecular weight is 275 g/mol. The van der Waals surface area contributed by atoms with E-state index < -0.39 is 5.92 Å². The minimum absolute atomic E-state index is 0.127. The molecule has 1 aliphatic rings. The van der Waals surface area contributed by atoms with Crippen LogP contribution in [-0.4, -0.2) is 19.0 Å². The van der Waals surface area contributed by atoms with Crippen molar-refractivity contribution in [3.8, 4) is 0 Å². The summed E-state index contributed by atoms with van der Waals surface area (Å²) in [5.41, 5.74) is 1.18. The van der Waals surface area contributed by atoms with Gasteiger partial charge >= 0.3 is 0 Å². The van der Waals surface area contributed by atoms with Crippen molar-refractivity contribution in [3.63, 3.8) is 0 Å². The zero-order chi connectivity index (χ0) is 13.3. The van der Waals surface area contributed by atoms with E-state index in [2.05, 4.69) is 12.6 Å². The van der Waals surface area contributed by atoms with Gasteiger partial charge in [-0.1, -0.05) is 12.1 Å². The molecule has 0 saturated carbocycles. The summed E-state index contributed by atoms with van der Waals surface area (Å²) in [4.78, 5) is 1.70. The number of benzene rings is 1. The summed E-state index contributed by atoms with van der Waals surface area (Å²) in [5.74, 6) is -2.98. The summed E-state index contributed by atoms with van der Waals surface area (Å²) < 4.78 is 40.2. The van der Waals surface area contributed by atoms with E-state index in [4.69, 9.17) is 0 Å². The molecule has 1 fully saturated rings. The van der Waals surface area contributed by atoms with Gasteiger partial charge in [-0.2, -0.15) is 12.6 Å².